The summed E-state index contributed by atoms with van der Waals surface area (Å²) in [7, 11) is 0. The van der Waals surface area contributed by atoms with Gasteiger partial charge < -0.3 is 10.2 Å². The molecule has 28 heavy (non-hydrogen) atoms. The third-order valence-corrected chi connectivity index (χ3v) is 6.48. The summed E-state index contributed by atoms with van der Waals surface area (Å²) in [6.45, 7) is 1.40. The normalized spacial score (nSPS) is 24.8. The molecule has 0 radical (unpaired) electrons. The molecule has 1 atom stereocenters. The smallest absolute Gasteiger partial charge is 0.325 e. The van der Waals surface area contributed by atoms with E-state index in [1.54, 1.807) is 4.90 Å². The third-order valence-electron chi connectivity index (χ3n) is 6.23. The van der Waals surface area contributed by atoms with Crippen molar-refractivity contribution in [2.24, 2.45) is 5.92 Å². The summed E-state index contributed by atoms with van der Waals surface area (Å²) < 4.78 is 0. The molecular formula is C21H26ClN3O3. The lowest BCUT2D eigenvalue weighted by Gasteiger charge is -2.25. The fraction of sp³-hybridized carbons (Fsp3) is 0.571. The van der Waals surface area contributed by atoms with Crippen molar-refractivity contribution in [2.45, 2.75) is 57.0 Å². The highest BCUT2D eigenvalue weighted by Gasteiger charge is 2.51. The summed E-state index contributed by atoms with van der Waals surface area (Å²) >= 11 is 5.92. The second-order valence-corrected chi connectivity index (χ2v) is 8.75. The van der Waals surface area contributed by atoms with Crippen molar-refractivity contribution in [3.05, 3.63) is 34.9 Å². The number of halogens is 1. The number of carbonyl (C=O) groups excluding carboxylic acids is 3. The Morgan fingerprint density at radius 3 is 2.39 bits per heavy atom. The largest absolute Gasteiger partial charge is 0.338 e. The van der Waals surface area contributed by atoms with Gasteiger partial charge in [0.1, 0.15) is 5.54 Å². The first-order valence-corrected chi connectivity index (χ1v) is 10.5. The molecule has 2 aliphatic heterocycles. The highest BCUT2D eigenvalue weighted by molar-refractivity contribution is 6.30. The minimum absolute atomic E-state index is 0.0181. The van der Waals surface area contributed by atoms with Crippen LogP contribution in [0.1, 0.15) is 50.5 Å². The summed E-state index contributed by atoms with van der Waals surface area (Å²) in [6.07, 6.45) is 5.98. The van der Waals surface area contributed by atoms with Gasteiger partial charge in [0.25, 0.3) is 5.91 Å². The Kier molecular flexibility index (Phi) is 5.32. The number of likely N-dealkylation sites (tertiary alicyclic amines) is 1. The lowest BCUT2D eigenvalue weighted by Crippen LogP contribution is -2.46. The topological polar surface area (TPSA) is 69.7 Å². The standard InChI is InChI=1S/C21H26ClN3O3/c22-17-7-5-15(6-8-17)12-24-13-16(11-18(24)26)14-25-19(27)21(23-20(25)28)9-3-1-2-4-10-21/h5-8,16H,1-4,9-14H2,(H,23,28). The number of amides is 4. The molecular weight excluding hydrogens is 378 g/mol. The van der Waals surface area contributed by atoms with Gasteiger partial charge in [-0.3, -0.25) is 14.5 Å². The molecule has 1 unspecified atom stereocenters. The van der Waals surface area contributed by atoms with E-state index in [9.17, 15) is 14.4 Å². The number of urea groups is 1. The molecule has 150 valence electrons. The van der Waals surface area contributed by atoms with Crippen molar-refractivity contribution >= 4 is 29.4 Å². The Balaban J connectivity index is 1.39. The van der Waals surface area contributed by atoms with Gasteiger partial charge in [-0.25, -0.2) is 4.79 Å². The highest BCUT2D eigenvalue weighted by atomic mass is 35.5. The monoisotopic (exact) mass is 403 g/mol. The van der Waals surface area contributed by atoms with Gasteiger partial charge in [-0.1, -0.05) is 49.4 Å². The summed E-state index contributed by atoms with van der Waals surface area (Å²) in [5, 5.41) is 3.64. The maximum Gasteiger partial charge on any atom is 0.325 e. The van der Waals surface area contributed by atoms with Crippen LogP contribution < -0.4 is 5.32 Å². The van der Waals surface area contributed by atoms with Crippen molar-refractivity contribution in [1.29, 1.82) is 0 Å². The first-order valence-electron chi connectivity index (χ1n) is 10.1. The van der Waals surface area contributed by atoms with Gasteiger partial charge in [0.15, 0.2) is 0 Å². The van der Waals surface area contributed by atoms with Crippen LogP contribution in [-0.4, -0.2) is 46.3 Å². The lowest BCUT2D eigenvalue weighted by molar-refractivity contribution is -0.132. The molecule has 2 saturated heterocycles. The molecule has 0 aromatic heterocycles. The van der Waals surface area contributed by atoms with Crippen molar-refractivity contribution < 1.29 is 14.4 Å². The van der Waals surface area contributed by atoms with Gasteiger partial charge in [-0.05, 0) is 30.5 Å². The molecule has 4 rings (SSSR count). The van der Waals surface area contributed by atoms with E-state index in [4.69, 9.17) is 11.6 Å². The zero-order valence-corrected chi connectivity index (χ0v) is 16.7. The third kappa shape index (κ3) is 3.75. The number of hydrogen-bond donors (Lipinski definition) is 1. The molecule has 3 aliphatic rings. The summed E-state index contributed by atoms with van der Waals surface area (Å²) in [6, 6.07) is 7.16. The number of rotatable bonds is 4. The van der Waals surface area contributed by atoms with Gasteiger partial charge in [0.2, 0.25) is 5.91 Å². The van der Waals surface area contributed by atoms with E-state index in [1.165, 1.54) is 4.90 Å². The zero-order valence-electron chi connectivity index (χ0n) is 16.0. The van der Waals surface area contributed by atoms with E-state index >= 15 is 0 Å². The zero-order chi connectivity index (χ0) is 19.7. The van der Waals surface area contributed by atoms with Crippen LogP contribution in [0, 0.1) is 5.92 Å². The number of benzene rings is 1. The number of nitrogens with zero attached hydrogens (tertiary/aromatic N) is 2. The van der Waals surface area contributed by atoms with Crippen LogP contribution >= 0.6 is 11.6 Å². The maximum atomic E-state index is 13.1. The molecule has 1 aliphatic carbocycles. The SMILES string of the molecule is O=C1CC(CN2C(=O)NC3(CCCCCC3)C2=O)CN1Cc1ccc(Cl)cc1. The quantitative estimate of drug-likeness (QED) is 0.784. The minimum Gasteiger partial charge on any atom is -0.338 e. The number of hydrogen-bond acceptors (Lipinski definition) is 3. The first kappa shape index (κ1) is 19.2. The molecule has 0 bridgehead atoms. The molecule has 1 aromatic carbocycles. The van der Waals surface area contributed by atoms with E-state index < -0.39 is 5.54 Å². The van der Waals surface area contributed by atoms with E-state index in [2.05, 4.69) is 5.32 Å². The Morgan fingerprint density at radius 1 is 1.04 bits per heavy atom. The van der Waals surface area contributed by atoms with Crippen molar-refractivity contribution in [2.75, 3.05) is 13.1 Å². The van der Waals surface area contributed by atoms with Crippen LogP contribution in [-0.2, 0) is 16.1 Å². The fourth-order valence-electron chi connectivity index (χ4n) is 4.71. The second-order valence-electron chi connectivity index (χ2n) is 8.31. The minimum atomic E-state index is -0.709. The van der Waals surface area contributed by atoms with E-state index in [-0.39, 0.29) is 23.8 Å². The Hall–Kier alpha value is -2.08. The van der Waals surface area contributed by atoms with Crippen LogP contribution in [0.4, 0.5) is 4.79 Å². The number of nitrogens with one attached hydrogen (secondary N) is 1. The number of imide groups is 1. The first-order chi connectivity index (χ1) is 13.5. The van der Waals surface area contributed by atoms with Crippen molar-refractivity contribution in [3.8, 4) is 0 Å². The molecule has 3 fully saturated rings. The fourth-order valence-corrected chi connectivity index (χ4v) is 4.84. The van der Waals surface area contributed by atoms with E-state index in [0.29, 0.717) is 31.1 Å². The summed E-state index contributed by atoms with van der Waals surface area (Å²) in [4.78, 5) is 41.2. The molecule has 2 heterocycles. The lowest BCUT2D eigenvalue weighted by atomic mass is 9.90. The van der Waals surface area contributed by atoms with Gasteiger partial charge in [-0.2, -0.15) is 0 Å². The van der Waals surface area contributed by atoms with Crippen LogP contribution in [0.25, 0.3) is 0 Å². The van der Waals surface area contributed by atoms with E-state index in [1.807, 2.05) is 24.3 Å². The van der Waals surface area contributed by atoms with Gasteiger partial charge in [0.05, 0.1) is 0 Å². The van der Waals surface area contributed by atoms with Crippen LogP contribution in [0.5, 0.6) is 0 Å². The van der Waals surface area contributed by atoms with Crippen LogP contribution in [0.15, 0.2) is 24.3 Å². The molecule has 1 saturated carbocycles. The molecule has 1 aromatic rings. The molecule has 1 spiro atoms. The van der Waals surface area contributed by atoms with Gasteiger partial charge in [0, 0.05) is 37.0 Å². The average Bonchev–Trinajstić information content (AvgIpc) is 2.99. The predicted octanol–water partition coefficient (Wildman–Crippen LogP) is 3.33. The molecule has 1 N–H and O–H groups in total. The molecule has 6 nitrogen and oxygen atoms in total. The summed E-state index contributed by atoms with van der Waals surface area (Å²) in [5.41, 5.74) is 0.310. The Bertz CT molecular complexity index is 772. The Labute approximate surface area is 170 Å². The Morgan fingerprint density at radius 2 is 1.71 bits per heavy atom. The predicted molar refractivity (Wildman–Crippen MR) is 106 cm³/mol. The highest BCUT2D eigenvalue weighted by Crippen LogP contribution is 2.34. The molecule has 7 heteroatoms. The van der Waals surface area contributed by atoms with Crippen LogP contribution in [0.3, 0.4) is 0 Å². The maximum absolute atomic E-state index is 13.1. The van der Waals surface area contributed by atoms with Crippen molar-refractivity contribution in [3.63, 3.8) is 0 Å². The van der Waals surface area contributed by atoms with Gasteiger partial charge in [-0.15, -0.1) is 0 Å². The van der Waals surface area contributed by atoms with Crippen LogP contribution in [0.2, 0.25) is 5.02 Å². The second kappa shape index (κ2) is 7.74. The van der Waals surface area contributed by atoms with Gasteiger partial charge >= 0.3 is 6.03 Å². The van der Waals surface area contributed by atoms with E-state index in [0.717, 1.165) is 44.1 Å². The average molecular weight is 404 g/mol. The summed E-state index contributed by atoms with van der Waals surface area (Å²) in [5.74, 6) is -0.0467. The number of carbonyl (C=O) groups is 3. The van der Waals surface area contributed by atoms with Crippen molar-refractivity contribution in [1.82, 2.24) is 15.1 Å². The molecule has 4 amide bonds.